The molecule has 1 rings (SSSR count). The van der Waals surface area contributed by atoms with Crippen LogP contribution in [0.4, 0.5) is 0 Å². The minimum absolute atomic E-state index is 0.0144. The van der Waals surface area contributed by atoms with Crippen LogP contribution in [-0.2, 0) is 22.8 Å². The molecule has 114 valence electrons. The molecule has 1 N–H and O–H groups in total. The van der Waals surface area contributed by atoms with E-state index in [-0.39, 0.29) is 34.7 Å². The molecule has 0 aromatic carbocycles. The summed E-state index contributed by atoms with van der Waals surface area (Å²) in [6, 6.07) is 0. The zero-order valence-corrected chi connectivity index (χ0v) is 13.3. The lowest BCUT2D eigenvalue weighted by Crippen LogP contribution is -2.15. The smallest absolute Gasteiger partial charge is 0.340 e. The molecule has 8 heteroatoms. The zero-order valence-electron chi connectivity index (χ0n) is 11.8. The molecule has 0 bridgehead atoms. The van der Waals surface area contributed by atoms with Crippen LogP contribution in [0.25, 0.3) is 0 Å². The molecule has 0 saturated carbocycles. The van der Waals surface area contributed by atoms with Gasteiger partial charge >= 0.3 is 5.97 Å². The summed E-state index contributed by atoms with van der Waals surface area (Å²) in [7, 11) is -3.15. The molecule has 1 heterocycles. The van der Waals surface area contributed by atoms with Crippen LogP contribution in [0.3, 0.4) is 0 Å². The first kappa shape index (κ1) is 17.0. The van der Waals surface area contributed by atoms with Crippen molar-refractivity contribution in [2.24, 2.45) is 5.92 Å². The Morgan fingerprint density at radius 1 is 1.45 bits per heavy atom. The third-order valence-corrected chi connectivity index (χ3v) is 4.90. The van der Waals surface area contributed by atoms with Gasteiger partial charge in [-0.05, 0) is 12.3 Å². The fourth-order valence-corrected chi connectivity index (χ4v) is 2.80. The third kappa shape index (κ3) is 4.21. The lowest BCUT2D eigenvalue weighted by Gasteiger charge is -2.03. The molecule has 0 fully saturated rings. The molecule has 0 atom stereocenters. The van der Waals surface area contributed by atoms with Gasteiger partial charge in [-0.1, -0.05) is 32.4 Å². The van der Waals surface area contributed by atoms with Crippen molar-refractivity contribution < 1.29 is 18.3 Å². The first-order chi connectivity index (χ1) is 9.18. The second kappa shape index (κ2) is 6.58. The van der Waals surface area contributed by atoms with E-state index in [1.165, 1.54) is 4.68 Å². The van der Waals surface area contributed by atoms with Gasteiger partial charge in [-0.2, -0.15) is 5.10 Å². The average molecular weight is 323 g/mol. The second-order valence-electron chi connectivity index (χ2n) is 4.98. The van der Waals surface area contributed by atoms with E-state index in [2.05, 4.69) is 5.10 Å². The van der Waals surface area contributed by atoms with E-state index < -0.39 is 15.8 Å². The van der Waals surface area contributed by atoms with E-state index in [0.717, 1.165) is 0 Å². The number of rotatable bonds is 7. The monoisotopic (exact) mass is 322 g/mol. The first-order valence-corrected chi connectivity index (χ1v) is 8.56. The van der Waals surface area contributed by atoms with Crippen molar-refractivity contribution in [3.63, 3.8) is 0 Å². The number of aromatic carboxylic acids is 1. The maximum absolute atomic E-state index is 11.5. The van der Waals surface area contributed by atoms with E-state index in [1.807, 2.05) is 13.8 Å². The van der Waals surface area contributed by atoms with E-state index in [4.69, 9.17) is 11.6 Å². The summed E-state index contributed by atoms with van der Waals surface area (Å²) < 4.78 is 24.2. The largest absolute Gasteiger partial charge is 0.478 e. The van der Waals surface area contributed by atoms with E-state index in [9.17, 15) is 18.3 Å². The normalized spacial score (nSPS) is 12.1. The molecule has 0 unspecified atom stereocenters. The Morgan fingerprint density at radius 2 is 2.05 bits per heavy atom. The minimum Gasteiger partial charge on any atom is -0.478 e. The predicted octanol–water partition coefficient (Wildman–Crippen LogP) is 1.87. The van der Waals surface area contributed by atoms with E-state index >= 15 is 0 Å². The standard InChI is InChI=1S/C12H19ClN2O4S/c1-4-20(18,19)6-5-15-11(13)10(12(16)17)9(14-15)7-8(2)3/h8H,4-7H2,1-3H3,(H,16,17). The Labute approximate surface area is 123 Å². The van der Waals surface area contributed by atoms with Crippen LogP contribution in [0.1, 0.15) is 36.8 Å². The molecule has 0 aliphatic rings. The van der Waals surface area contributed by atoms with Crippen molar-refractivity contribution in [3.8, 4) is 0 Å². The van der Waals surface area contributed by atoms with Crippen LogP contribution in [0.2, 0.25) is 5.15 Å². The number of aryl methyl sites for hydroxylation is 1. The molecule has 20 heavy (non-hydrogen) atoms. The highest BCUT2D eigenvalue weighted by Gasteiger charge is 2.23. The van der Waals surface area contributed by atoms with Crippen molar-refractivity contribution in [3.05, 3.63) is 16.4 Å². The fourth-order valence-electron chi connectivity index (χ4n) is 1.75. The Bertz CT molecular complexity index is 593. The molecular formula is C12H19ClN2O4S. The molecule has 0 amide bonds. The number of aromatic nitrogens is 2. The summed E-state index contributed by atoms with van der Waals surface area (Å²) >= 11 is 6.00. The van der Waals surface area contributed by atoms with Gasteiger partial charge < -0.3 is 5.11 Å². The van der Waals surface area contributed by atoms with Gasteiger partial charge in [-0.3, -0.25) is 4.68 Å². The van der Waals surface area contributed by atoms with Gasteiger partial charge in [0.2, 0.25) is 0 Å². The molecule has 0 radical (unpaired) electrons. The molecule has 6 nitrogen and oxygen atoms in total. The van der Waals surface area contributed by atoms with Gasteiger partial charge in [0, 0.05) is 5.75 Å². The number of carbonyl (C=O) groups is 1. The number of hydrogen-bond acceptors (Lipinski definition) is 4. The van der Waals surface area contributed by atoms with Gasteiger partial charge in [0.25, 0.3) is 0 Å². The first-order valence-electron chi connectivity index (χ1n) is 6.36. The summed E-state index contributed by atoms with van der Waals surface area (Å²) in [6.45, 7) is 5.51. The third-order valence-electron chi connectivity index (χ3n) is 2.83. The molecule has 1 aromatic heterocycles. The highest BCUT2D eigenvalue weighted by molar-refractivity contribution is 7.91. The van der Waals surface area contributed by atoms with Crippen LogP contribution in [0.5, 0.6) is 0 Å². The second-order valence-corrected chi connectivity index (χ2v) is 7.81. The van der Waals surface area contributed by atoms with Crippen LogP contribution in [0.15, 0.2) is 0 Å². The molecule has 0 aliphatic carbocycles. The quantitative estimate of drug-likeness (QED) is 0.827. The van der Waals surface area contributed by atoms with Crippen molar-refractivity contribution in [2.75, 3.05) is 11.5 Å². The molecule has 1 aromatic rings. The number of halogens is 1. The Kier molecular flexibility index (Phi) is 5.59. The van der Waals surface area contributed by atoms with Gasteiger partial charge in [-0.25, -0.2) is 13.2 Å². The van der Waals surface area contributed by atoms with Crippen molar-refractivity contribution in [1.82, 2.24) is 9.78 Å². The highest BCUT2D eigenvalue weighted by Crippen LogP contribution is 2.22. The highest BCUT2D eigenvalue weighted by atomic mass is 35.5. The van der Waals surface area contributed by atoms with Gasteiger partial charge in [0.05, 0.1) is 18.0 Å². The van der Waals surface area contributed by atoms with Gasteiger partial charge in [0.15, 0.2) is 9.84 Å². The van der Waals surface area contributed by atoms with Crippen LogP contribution >= 0.6 is 11.6 Å². The Morgan fingerprint density at radius 3 is 2.50 bits per heavy atom. The lowest BCUT2D eigenvalue weighted by atomic mass is 10.1. The Hall–Kier alpha value is -1.08. The van der Waals surface area contributed by atoms with E-state index in [1.54, 1.807) is 6.92 Å². The van der Waals surface area contributed by atoms with Crippen LogP contribution < -0.4 is 0 Å². The molecule has 0 spiro atoms. The summed E-state index contributed by atoms with van der Waals surface area (Å²) in [4.78, 5) is 11.2. The number of nitrogens with zero attached hydrogens (tertiary/aromatic N) is 2. The summed E-state index contributed by atoms with van der Waals surface area (Å²) in [5.74, 6) is -0.983. The SMILES string of the molecule is CCS(=O)(=O)CCn1nc(CC(C)C)c(C(=O)O)c1Cl. The topological polar surface area (TPSA) is 89.3 Å². The zero-order chi connectivity index (χ0) is 15.5. The Balaban J connectivity index is 3.07. The van der Waals surface area contributed by atoms with Crippen molar-refractivity contribution in [1.29, 1.82) is 0 Å². The van der Waals surface area contributed by atoms with Gasteiger partial charge in [0.1, 0.15) is 10.7 Å². The number of sulfone groups is 1. The summed E-state index contributed by atoms with van der Waals surface area (Å²) in [5, 5.41) is 13.3. The maximum Gasteiger partial charge on any atom is 0.340 e. The predicted molar refractivity (Wildman–Crippen MR) is 77.1 cm³/mol. The summed E-state index contributed by atoms with van der Waals surface area (Å²) in [6.07, 6.45) is 0.481. The van der Waals surface area contributed by atoms with Crippen LogP contribution in [0, 0.1) is 5.92 Å². The van der Waals surface area contributed by atoms with Crippen molar-refractivity contribution in [2.45, 2.75) is 33.7 Å². The van der Waals surface area contributed by atoms with Crippen LogP contribution in [-0.4, -0.2) is 40.8 Å². The maximum atomic E-state index is 11.5. The number of hydrogen-bond donors (Lipinski definition) is 1. The minimum atomic E-state index is -3.15. The average Bonchev–Trinajstić information content (AvgIpc) is 2.62. The summed E-state index contributed by atoms with van der Waals surface area (Å²) in [5.41, 5.74) is 0.362. The number of carboxylic acid groups (broad SMARTS) is 1. The number of carboxylic acids is 1. The molecule has 0 saturated heterocycles. The van der Waals surface area contributed by atoms with Gasteiger partial charge in [-0.15, -0.1) is 0 Å². The molecule has 0 aliphatic heterocycles. The van der Waals surface area contributed by atoms with E-state index in [0.29, 0.717) is 12.1 Å². The molecular weight excluding hydrogens is 304 g/mol. The fraction of sp³-hybridized carbons (Fsp3) is 0.667. The van der Waals surface area contributed by atoms with Crippen molar-refractivity contribution >= 4 is 27.4 Å². The lowest BCUT2D eigenvalue weighted by molar-refractivity contribution is 0.0695.